The van der Waals surface area contributed by atoms with Crippen LogP contribution in [0.5, 0.6) is 0 Å². The molecule has 0 spiro atoms. The van der Waals surface area contributed by atoms with Gasteiger partial charge in [0.05, 0.1) is 6.67 Å². The first-order valence-corrected chi connectivity index (χ1v) is 3.37. The molecule has 0 fully saturated rings. The summed E-state index contributed by atoms with van der Waals surface area (Å²) in [7, 11) is 0. The molecule has 0 heterocycles. The number of nitrogens with one attached hydrogen (secondary N) is 2. The van der Waals surface area contributed by atoms with Crippen molar-refractivity contribution in [3.05, 3.63) is 12.7 Å². The van der Waals surface area contributed by atoms with Crippen LogP contribution in [0.2, 0.25) is 0 Å². The van der Waals surface area contributed by atoms with Gasteiger partial charge in [0, 0.05) is 6.42 Å². The Bertz CT molecular complexity index is 166. The zero-order valence-corrected chi connectivity index (χ0v) is 6.52. The van der Waals surface area contributed by atoms with Crippen molar-refractivity contribution in [3.8, 4) is 0 Å². The molecule has 4 nitrogen and oxygen atoms in total. The minimum absolute atomic E-state index is 0.0886. The Morgan fingerprint density at radius 1 is 1.45 bits per heavy atom. The van der Waals surface area contributed by atoms with Crippen LogP contribution in [-0.2, 0) is 9.59 Å². The Morgan fingerprint density at radius 3 is 2.55 bits per heavy atom. The highest BCUT2D eigenvalue weighted by Crippen LogP contribution is 1.72. The number of amides is 2. The third-order valence-corrected chi connectivity index (χ3v) is 1.05. The minimum atomic E-state index is -0.290. The predicted octanol–water partition coefficient (Wildman–Crippen LogP) is -0.228. The monoisotopic (exact) mass is 156 g/mol. The second-order valence-corrected chi connectivity index (χ2v) is 1.88. The lowest BCUT2D eigenvalue weighted by molar-refractivity contribution is -0.121. The van der Waals surface area contributed by atoms with E-state index in [2.05, 4.69) is 17.2 Å². The van der Waals surface area contributed by atoms with Crippen LogP contribution in [0.15, 0.2) is 12.7 Å². The van der Waals surface area contributed by atoms with Gasteiger partial charge in [0.25, 0.3) is 0 Å². The van der Waals surface area contributed by atoms with E-state index in [1.54, 1.807) is 6.92 Å². The van der Waals surface area contributed by atoms with Gasteiger partial charge in [-0.2, -0.15) is 0 Å². The Hall–Kier alpha value is -1.32. The molecule has 0 aliphatic heterocycles. The first-order valence-electron chi connectivity index (χ1n) is 3.37. The molecule has 0 rings (SSSR count). The van der Waals surface area contributed by atoms with Crippen LogP contribution in [0.1, 0.15) is 13.3 Å². The van der Waals surface area contributed by atoms with Gasteiger partial charge < -0.3 is 10.6 Å². The molecule has 62 valence electrons. The molecule has 0 radical (unpaired) electrons. The van der Waals surface area contributed by atoms with Crippen LogP contribution in [0.25, 0.3) is 0 Å². The van der Waals surface area contributed by atoms with E-state index < -0.39 is 0 Å². The first kappa shape index (κ1) is 9.68. The molecule has 0 saturated carbocycles. The fourth-order valence-electron chi connectivity index (χ4n) is 0.427. The van der Waals surface area contributed by atoms with Gasteiger partial charge in [-0.05, 0) is 6.08 Å². The second kappa shape index (κ2) is 5.46. The quantitative estimate of drug-likeness (QED) is 0.436. The van der Waals surface area contributed by atoms with Crippen LogP contribution in [0.3, 0.4) is 0 Å². The molecule has 0 bridgehead atoms. The van der Waals surface area contributed by atoms with Gasteiger partial charge in [-0.1, -0.05) is 13.5 Å². The van der Waals surface area contributed by atoms with Crippen LogP contribution in [0.4, 0.5) is 0 Å². The average Bonchev–Trinajstić information content (AvgIpc) is 2.04. The zero-order chi connectivity index (χ0) is 8.69. The van der Waals surface area contributed by atoms with Crippen molar-refractivity contribution in [2.45, 2.75) is 13.3 Å². The van der Waals surface area contributed by atoms with Crippen molar-refractivity contribution in [1.82, 2.24) is 10.6 Å². The molecule has 0 aromatic carbocycles. The summed E-state index contributed by atoms with van der Waals surface area (Å²) in [5, 5.41) is 4.89. The van der Waals surface area contributed by atoms with Gasteiger partial charge in [0.1, 0.15) is 0 Å². The topological polar surface area (TPSA) is 58.2 Å². The van der Waals surface area contributed by atoms with E-state index in [0.717, 1.165) is 6.08 Å². The lowest BCUT2D eigenvalue weighted by atomic mass is 10.5. The van der Waals surface area contributed by atoms with Gasteiger partial charge >= 0.3 is 0 Å². The summed E-state index contributed by atoms with van der Waals surface area (Å²) in [4.78, 5) is 21.1. The number of carbonyl (C=O) groups is 2. The number of hydrogen-bond donors (Lipinski definition) is 2. The highest BCUT2D eigenvalue weighted by molar-refractivity contribution is 5.87. The van der Waals surface area contributed by atoms with Gasteiger partial charge in [-0.15, -0.1) is 0 Å². The molecule has 0 aliphatic rings. The Balaban J connectivity index is 3.34. The summed E-state index contributed by atoms with van der Waals surface area (Å²) >= 11 is 0. The summed E-state index contributed by atoms with van der Waals surface area (Å²) < 4.78 is 0. The summed E-state index contributed by atoms with van der Waals surface area (Å²) in [6.07, 6.45) is 1.57. The molecule has 0 aromatic heterocycles. The van der Waals surface area contributed by atoms with Crippen molar-refractivity contribution in [1.29, 1.82) is 0 Å². The van der Waals surface area contributed by atoms with E-state index >= 15 is 0 Å². The number of hydrogen-bond acceptors (Lipinski definition) is 2. The van der Waals surface area contributed by atoms with Gasteiger partial charge in [0.2, 0.25) is 11.8 Å². The molecule has 2 N–H and O–H groups in total. The normalized spacial score (nSPS) is 8.45. The van der Waals surface area contributed by atoms with Crippen LogP contribution < -0.4 is 10.6 Å². The number of carbonyl (C=O) groups excluding carboxylic acids is 2. The van der Waals surface area contributed by atoms with E-state index in [9.17, 15) is 9.59 Å². The predicted molar refractivity (Wildman–Crippen MR) is 41.6 cm³/mol. The van der Waals surface area contributed by atoms with Gasteiger partial charge in [-0.3, -0.25) is 9.59 Å². The van der Waals surface area contributed by atoms with E-state index in [0.29, 0.717) is 6.42 Å². The molecule has 0 unspecified atom stereocenters. The molecule has 0 atom stereocenters. The maximum atomic E-state index is 10.6. The Morgan fingerprint density at radius 2 is 2.09 bits per heavy atom. The van der Waals surface area contributed by atoms with Crippen molar-refractivity contribution < 1.29 is 9.59 Å². The van der Waals surface area contributed by atoms with E-state index in [4.69, 9.17) is 0 Å². The van der Waals surface area contributed by atoms with Crippen molar-refractivity contribution in [3.63, 3.8) is 0 Å². The van der Waals surface area contributed by atoms with Crippen molar-refractivity contribution >= 4 is 11.8 Å². The molecular formula is C7H12N2O2. The fraction of sp³-hybridized carbons (Fsp3) is 0.429. The highest BCUT2D eigenvalue weighted by atomic mass is 16.2. The largest absolute Gasteiger partial charge is 0.339 e. The summed E-state index contributed by atoms with van der Waals surface area (Å²) in [6, 6.07) is 0. The molecular weight excluding hydrogens is 144 g/mol. The third kappa shape index (κ3) is 5.14. The number of rotatable bonds is 4. The SMILES string of the molecule is C=CC(=O)NCNC(=O)CC. The average molecular weight is 156 g/mol. The maximum absolute atomic E-state index is 10.6. The molecule has 2 amide bonds. The standard InChI is InChI=1S/C7H12N2O2/c1-3-6(10)8-5-9-7(11)4-2/h3H,1,4-5H2,2H3,(H,8,10)(H,9,11). The Kier molecular flexibility index (Phi) is 4.81. The van der Waals surface area contributed by atoms with Gasteiger partial charge in [-0.25, -0.2) is 0 Å². The first-order chi connectivity index (χ1) is 5.20. The summed E-state index contributed by atoms with van der Waals surface area (Å²) in [6.45, 7) is 5.16. The minimum Gasteiger partial charge on any atom is -0.339 e. The van der Waals surface area contributed by atoms with Crippen molar-refractivity contribution in [2.24, 2.45) is 0 Å². The zero-order valence-electron chi connectivity index (χ0n) is 6.52. The lowest BCUT2D eigenvalue weighted by Crippen LogP contribution is -2.35. The van der Waals surface area contributed by atoms with E-state index in [-0.39, 0.29) is 18.5 Å². The van der Waals surface area contributed by atoms with Crippen LogP contribution in [-0.4, -0.2) is 18.5 Å². The Labute approximate surface area is 65.7 Å². The molecule has 0 aliphatic carbocycles. The molecule has 0 saturated heterocycles. The van der Waals surface area contributed by atoms with Crippen LogP contribution >= 0.6 is 0 Å². The third-order valence-electron chi connectivity index (χ3n) is 1.05. The summed E-state index contributed by atoms with van der Waals surface area (Å²) in [5.41, 5.74) is 0. The fourth-order valence-corrected chi connectivity index (χ4v) is 0.427. The van der Waals surface area contributed by atoms with E-state index in [1.807, 2.05) is 0 Å². The second-order valence-electron chi connectivity index (χ2n) is 1.88. The highest BCUT2D eigenvalue weighted by Gasteiger charge is 1.95. The summed E-state index contributed by atoms with van der Waals surface area (Å²) in [5.74, 6) is -0.379. The molecule has 4 heteroatoms. The van der Waals surface area contributed by atoms with Gasteiger partial charge in [0.15, 0.2) is 0 Å². The van der Waals surface area contributed by atoms with Crippen LogP contribution in [0, 0.1) is 0 Å². The lowest BCUT2D eigenvalue weighted by Gasteiger charge is -2.02. The molecule has 0 aromatic rings. The maximum Gasteiger partial charge on any atom is 0.244 e. The van der Waals surface area contributed by atoms with Crippen molar-refractivity contribution in [2.75, 3.05) is 6.67 Å². The van der Waals surface area contributed by atoms with E-state index in [1.165, 1.54) is 0 Å². The molecule has 11 heavy (non-hydrogen) atoms. The smallest absolute Gasteiger partial charge is 0.244 e.